The summed E-state index contributed by atoms with van der Waals surface area (Å²) in [6, 6.07) is 33.6. The van der Waals surface area contributed by atoms with Crippen molar-refractivity contribution < 1.29 is 87.3 Å². The molecular weight excluding hydrogens is 1700 g/mol. The standard InChI is InChI=1S/C34H38N2O2S2.C22H25NO3S2.C17H23NO5S.C12H15NO3S.C6H8O2S2.C2H6O/c1-21-15-16-27-25(18-21)34(4,5)29(36(27)17-11-7-8-14-30(37)38)20-23-31(39)22(32(23)40)19-28-33(2,3)24-12-9-10-13-26(24)35(28)6;1-13-8-9-16-15(11-13)22(2,3)17(12-14-20(27)19(26)21(14)28)23(16)10-6-4-5-7-18(24)25;1-12-17(2,3)14-11-13(24-23-22-21)8-9-15(14)18(12)10-6-4-5-7-16(19)20;1-8-12(2,3)10-7-9(17-16-15-14)5-6-11(10)13(8)4;1-8-4-5(9)3(7)6(4)10-2;1-2-3/h9-10,12-13,15-16,18-20H,7-8,11,14,17H2,1-6H3,(H-,37,38,39,40);8-9,11-12,27H,4-7,10H2,1-3H3,(H,24,25);8-9,11H,4-7,10H2,1-3H3,(H-,19,20,21);5-7H,1-4H3;4,6H,1-2H3;3H,2H2,1H3. The van der Waals surface area contributed by atoms with Gasteiger partial charge < -0.3 is 58.1 Å². The number of allylic oxidation sites excluding steroid dienone is 6. The lowest BCUT2D eigenvalue weighted by molar-refractivity contribution is -0.777. The van der Waals surface area contributed by atoms with Gasteiger partial charge in [-0.15, -0.1) is 12.6 Å². The second-order valence-electron chi connectivity index (χ2n) is 33.7. The van der Waals surface area contributed by atoms with E-state index in [0.29, 0.717) is 33.5 Å². The van der Waals surface area contributed by atoms with Crippen molar-refractivity contribution in [3.05, 3.63) is 196 Å². The third-order valence-corrected chi connectivity index (χ3v) is 28.4. The second-order valence-corrected chi connectivity index (χ2v) is 38.3. The van der Waals surface area contributed by atoms with Crippen LogP contribution in [0, 0.1) is 18.4 Å². The molecule has 0 spiro atoms. The average Bonchev–Trinajstić information content (AvgIpc) is 1.54. The number of Topliss-reactive ketones (excluding diaryl/α,β-unsaturated/α-hetero) is 1. The van der Waals surface area contributed by atoms with Crippen molar-refractivity contribution in [3.63, 3.8) is 0 Å². The minimum Gasteiger partial charge on any atom is -0.778 e. The van der Waals surface area contributed by atoms with Gasteiger partial charge in [-0.1, -0.05) is 131 Å². The Bertz CT molecular complexity index is 5260. The maximum Gasteiger partial charge on any atom is 0.303 e. The summed E-state index contributed by atoms with van der Waals surface area (Å²) in [6.07, 6.45) is 16.3. The summed E-state index contributed by atoms with van der Waals surface area (Å²) < 4.78 is 20.8. The minimum atomic E-state index is -0.750. The lowest BCUT2D eigenvalue weighted by Crippen LogP contribution is -2.55. The Morgan fingerprint density at radius 3 is 1.49 bits per heavy atom. The molecular formula is C93H115N5O16S8. The van der Waals surface area contributed by atoms with Crippen molar-refractivity contribution in [2.75, 3.05) is 63.5 Å². The number of carbonyl (C=O) groups excluding carboxylic acids is 1. The summed E-state index contributed by atoms with van der Waals surface area (Å²) in [6.45, 7) is 35.0. The number of hydrogen-bond donors (Lipinski definition) is 5. The highest BCUT2D eigenvalue weighted by molar-refractivity contribution is 8.01. The molecule has 0 bridgehead atoms. The number of carboxylic acids is 3. The lowest BCUT2D eigenvalue weighted by atomic mass is 9.78. The third kappa shape index (κ3) is 22.2. The van der Waals surface area contributed by atoms with Gasteiger partial charge in [-0.3, -0.25) is 34.0 Å². The molecule has 0 aromatic heterocycles. The number of thiol groups is 1. The van der Waals surface area contributed by atoms with Crippen LogP contribution < -0.4 is 25.7 Å². The SMILES string of the molecule is CC1=[N+](C)c2ccc(SOO[O-])cc2C1(C)C.CC1=[N+](CCCCCC(=O)O)c2ccc(SOO[O-])cc2C1(C)C.CCO.COC1C(=S)C(=O)C1SC.Cc1ccc2c(c1)C(C)(C)C(=CC1=C([S-])C(=CC3=[N+](C)c4ccccc4C3(C)C)C1=S)N2CCCCCC(=O)O.Cc1ccc2c(c1)C(C)(C)C(=Cc1c(S)c(=O)c1=S)N2CCCCCC(=O)O. The van der Waals surface area contributed by atoms with E-state index in [1.54, 1.807) is 14.0 Å². The van der Waals surface area contributed by atoms with E-state index in [9.17, 15) is 34.5 Å². The smallest absolute Gasteiger partial charge is 0.303 e. The number of carboxylic acid groups (broad SMARTS) is 3. The quantitative estimate of drug-likeness (QED) is 0.00336. The van der Waals surface area contributed by atoms with Gasteiger partial charge in [0.05, 0.1) is 59.9 Å². The molecule has 6 aromatic carbocycles. The molecule has 0 amide bonds. The zero-order chi connectivity index (χ0) is 90.4. The van der Waals surface area contributed by atoms with Gasteiger partial charge in [0, 0.05) is 161 Å². The molecule has 2 atom stereocenters. The normalized spacial score (nSPS) is 19.0. The zero-order valence-corrected chi connectivity index (χ0v) is 79.8. The van der Waals surface area contributed by atoms with Gasteiger partial charge in [0.25, 0.3) is 0 Å². The molecule has 2 aliphatic carbocycles. The first kappa shape index (κ1) is 100. The van der Waals surface area contributed by atoms with Crippen molar-refractivity contribution in [1.29, 1.82) is 0 Å². The number of hydrogen-bond acceptors (Lipinski definition) is 23. The number of benzene rings is 5. The van der Waals surface area contributed by atoms with Crippen molar-refractivity contribution >= 4 is 183 Å². The summed E-state index contributed by atoms with van der Waals surface area (Å²) in [7, 11) is 5.76. The maximum atomic E-state index is 11.8. The maximum absolute atomic E-state index is 11.8. The molecule has 2 unspecified atom stereocenters. The van der Waals surface area contributed by atoms with Crippen molar-refractivity contribution in [2.24, 2.45) is 0 Å². The Labute approximate surface area is 757 Å². The monoisotopic (exact) mass is 1810 g/mol. The van der Waals surface area contributed by atoms with Crippen LogP contribution >= 0.6 is 85.1 Å². The Morgan fingerprint density at radius 2 is 1.04 bits per heavy atom. The van der Waals surface area contributed by atoms with E-state index in [0.717, 1.165) is 136 Å². The predicted octanol–water partition coefficient (Wildman–Crippen LogP) is 18.1. The molecule has 5 heterocycles. The Balaban J connectivity index is 0.000000199. The van der Waals surface area contributed by atoms with Crippen LogP contribution in [0.1, 0.15) is 212 Å². The molecule has 13 rings (SSSR count). The number of carbonyl (C=O) groups is 4. The van der Waals surface area contributed by atoms with Gasteiger partial charge in [-0.25, -0.2) is 4.58 Å². The Hall–Kier alpha value is -7.27. The number of fused-ring (bicyclic) bond motifs is 5. The van der Waals surface area contributed by atoms with Gasteiger partial charge in [0.1, 0.15) is 26.7 Å². The summed E-state index contributed by atoms with van der Waals surface area (Å²) in [5, 5.41) is 60.6. The number of para-hydroxylation sites is 1. The van der Waals surface area contributed by atoms with Crippen molar-refractivity contribution in [1.82, 2.24) is 0 Å². The number of thiocarbonyl (C=S) groups is 2. The number of ether oxygens (including phenoxy) is 1. The topological polar surface area (TPSA) is 274 Å². The molecule has 4 N–H and O–H groups in total. The zero-order valence-electron chi connectivity index (χ0n) is 73.2. The van der Waals surface area contributed by atoms with E-state index in [2.05, 4.69) is 239 Å². The first-order valence-electron chi connectivity index (χ1n) is 40.8. The van der Waals surface area contributed by atoms with Gasteiger partial charge in [0.2, 0.25) is 22.5 Å². The van der Waals surface area contributed by atoms with Crippen LogP contribution in [-0.2, 0) is 82.4 Å². The molecule has 122 heavy (non-hydrogen) atoms. The second kappa shape index (κ2) is 43.3. The average molecular weight is 1820 g/mol. The first-order chi connectivity index (χ1) is 57.5. The highest BCUT2D eigenvalue weighted by atomic mass is 32.2. The fourth-order valence-corrected chi connectivity index (χ4v) is 20.2. The summed E-state index contributed by atoms with van der Waals surface area (Å²) >= 11 is 29.6. The number of nitrogens with zero attached hydrogens (tertiary/aromatic N) is 5. The molecule has 0 saturated heterocycles. The summed E-state index contributed by atoms with van der Waals surface area (Å²) in [5.74, 6) is -2.15. The van der Waals surface area contributed by atoms with Crippen molar-refractivity contribution in [2.45, 2.75) is 234 Å². The van der Waals surface area contributed by atoms with E-state index >= 15 is 0 Å². The van der Waals surface area contributed by atoms with E-state index in [1.165, 1.54) is 90.6 Å². The molecule has 1 fully saturated rings. The number of unbranched alkanes of at least 4 members (excludes halogenated alkanes) is 6. The number of methoxy groups -OCH3 is 1. The molecule has 656 valence electrons. The predicted molar refractivity (Wildman–Crippen MR) is 501 cm³/mol. The van der Waals surface area contributed by atoms with Gasteiger partial charge >= 0.3 is 17.9 Å². The van der Waals surface area contributed by atoms with Crippen LogP contribution in [0.4, 0.5) is 28.4 Å². The van der Waals surface area contributed by atoms with Gasteiger partial charge in [0.15, 0.2) is 22.9 Å². The van der Waals surface area contributed by atoms with Crippen LogP contribution in [0.2, 0.25) is 0 Å². The number of rotatable bonds is 29. The lowest BCUT2D eigenvalue weighted by Gasteiger charge is -2.35. The molecule has 0 radical (unpaired) electrons. The number of ketones is 1. The fraction of sp³-hybridized carbons (Fsp3) is 0.452. The van der Waals surface area contributed by atoms with E-state index in [4.69, 9.17) is 74.4 Å². The Kier molecular flexibility index (Phi) is 35.5. The number of aliphatic hydroxyl groups excluding tert-OH is 1. The molecule has 6 aromatic rings. The number of anilines is 2. The molecule has 5 aliphatic heterocycles. The van der Waals surface area contributed by atoms with Crippen LogP contribution in [0.3, 0.4) is 0 Å². The van der Waals surface area contributed by atoms with Crippen LogP contribution in [0.25, 0.3) is 6.08 Å². The van der Waals surface area contributed by atoms with Crippen LogP contribution in [0.5, 0.6) is 0 Å². The van der Waals surface area contributed by atoms with Crippen molar-refractivity contribution in [3.8, 4) is 0 Å². The minimum absolute atomic E-state index is 0.00102. The number of aliphatic carboxylic acids is 3. The molecule has 7 aliphatic rings. The highest BCUT2D eigenvalue weighted by Gasteiger charge is 2.49. The van der Waals surface area contributed by atoms with E-state index in [-0.39, 0.29) is 75.5 Å². The molecule has 1 saturated carbocycles. The van der Waals surface area contributed by atoms with E-state index in [1.807, 2.05) is 48.7 Å². The Morgan fingerprint density at radius 1 is 0.582 bits per heavy atom. The van der Waals surface area contributed by atoms with Crippen LogP contribution in [-0.4, -0.2) is 150 Å². The van der Waals surface area contributed by atoms with E-state index < -0.39 is 17.9 Å². The van der Waals surface area contributed by atoms with Gasteiger partial charge in [-0.05, 0) is 178 Å². The largest absolute Gasteiger partial charge is 0.778 e. The molecule has 29 heteroatoms. The number of thioether (sulfide) groups is 1. The number of aryl methyl sites for hydroxylation is 2. The van der Waals surface area contributed by atoms with Gasteiger partial charge in [-0.2, -0.15) is 34.5 Å². The first-order valence-corrected chi connectivity index (χ1v) is 45.6. The van der Waals surface area contributed by atoms with Crippen LogP contribution in [0.15, 0.2) is 156 Å². The highest BCUT2D eigenvalue weighted by Crippen LogP contribution is 2.52. The third-order valence-electron chi connectivity index (χ3n) is 24.1. The number of aliphatic hydroxyl groups is 1. The summed E-state index contributed by atoms with van der Waals surface area (Å²) in [4.78, 5) is 63.9. The fourth-order valence-electron chi connectivity index (χ4n) is 16.5. The molecule has 21 nitrogen and oxygen atoms in total. The summed E-state index contributed by atoms with van der Waals surface area (Å²) in [5.41, 5.74) is 22.6.